The SMILES string of the molecule is Fc1ccc(-c2cnc(NC3CC3)nc2)cc1. The van der Waals surface area contributed by atoms with Gasteiger partial charge in [-0.25, -0.2) is 14.4 Å². The van der Waals surface area contributed by atoms with Gasteiger partial charge in [-0.2, -0.15) is 0 Å². The first-order valence-corrected chi connectivity index (χ1v) is 5.66. The number of benzene rings is 1. The highest BCUT2D eigenvalue weighted by Crippen LogP contribution is 2.23. The maximum absolute atomic E-state index is 12.8. The Kier molecular flexibility index (Phi) is 2.48. The van der Waals surface area contributed by atoms with Crippen LogP contribution in [0.1, 0.15) is 12.8 Å². The van der Waals surface area contributed by atoms with E-state index in [1.165, 1.54) is 25.0 Å². The molecule has 4 heteroatoms. The normalized spacial score (nSPS) is 14.6. The van der Waals surface area contributed by atoms with Crippen LogP contribution < -0.4 is 5.32 Å². The first-order chi connectivity index (χ1) is 8.31. The van der Waals surface area contributed by atoms with Gasteiger partial charge in [-0.1, -0.05) is 12.1 Å². The Labute approximate surface area is 98.7 Å². The lowest BCUT2D eigenvalue weighted by Crippen LogP contribution is -2.04. The number of rotatable bonds is 3. The number of nitrogens with zero attached hydrogens (tertiary/aromatic N) is 2. The molecule has 1 aromatic carbocycles. The van der Waals surface area contributed by atoms with E-state index in [0.717, 1.165) is 11.1 Å². The second kappa shape index (κ2) is 4.13. The Morgan fingerprint density at radius 3 is 2.24 bits per heavy atom. The summed E-state index contributed by atoms with van der Waals surface area (Å²) in [5, 5.41) is 3.22. The first kappa shape index (κ1) is 10.2. The monoisotopic (exact) mass is 229 g/mol. The van der Waals surface area contributed by atoms with Gasteiger partial charge in [0.25, 0.3) is 0 Å². The van der Waals surface area contributed by atoms with Crippen molar-refractivity contribution in [1.29, 1.82) is 0 Å². The third-order valence-electron chi connectivity index (χ3n) is 2.74. The van der Waals surface area contributed by atoms with Gasteiger partial charge < -0.3 is 5.32 Å². The molecule has 3 rings (SSSR count). The lowest BCUT2D eigenvalue weighted by molar-refractivity contribution is 0.628. The maximum Gasteiger partial charge on any atom is 0.222 e. The van der Waals surface area contributed by atoms with E-state index in [-0.39, 0.29) is 5.82 Å². The van der Waals surface area contributed by atoms with Crippen molar-refractivity contribution in [3.63, 3.8) is 0 Å². The van der Waals surface area contributed by atoms with Gasteiger partial charge in [-0.15, -0.1) is 0 Å². The van der Waals surface area contributed by atoms with Gasteiger partial charge in [0.1, 0.15) is 5.82 Å². The van der Waals surface area contributed by atoms with Crippen LogP contribution in [0.4, 0.5) is 10.3 Å². The minimum Gasteiger partial charge on any atom is -0.351 e. The molecule has 0 bridgehead atoms. The van der Waals surface area contributed by atoms with Gasteiger partial charge in [-0.05, 0) is 30.5 Å². The molecule has 1 aliphatic rings. The van der Waals surface area contributed by atoms with Crippen molar-refractivity contribution in [2.24, 2.45) is 0 Å². The zero-order chi connectivity index (χ0) is 11.7. The van der Waals surface area contributed by atoms with E-state index in [2.05, 4.69) is 15.3 Å². The molecular formula is C13H12FN3. The summed E-state index contributed by atoms with van der Waals surface area (Å²) in [6.45, 7) is 0. The fourth-order valence-electron chi connectivity index (χ4n) is 1.60. The van der Waals surface area contributed by atoms with Crippen molar-refractivity contribution in [3.05, 3.63) is 42.5 Å². The lowest BCUT2D eigenvalue weighted by atomic mass is 10.1. The summed E-state index contributed by atoms with van der Waals surface area (Å²) < 4.78 is 12.8. The highest BCUT2D eigenvalue weighted by atomic mass is 19.1. The molecule has 1 fully saturated rings. The molecule has 17 heavy (non-hydrogen) atoms. The van der Waals surface area contributed by atoms with Crippen LogP contribution in [0.2, 0.25) is 0 Å². The minimum atomic E-state index is -0.235. The lowest BCUT2D eigenvalue weighted by Gasteiger charge is -2.04. The van der Waals surface area contributed by atoms with Crippen LogP contribution in [0.25, 0.3) is 11.1 Å². The van der Waals surface area contributed by atoms with Crippen molar-refractivity contribution in [2.75, 3.05) is 5.32 Å². The Morgan fingerprint density at radius 1 is 1.00 bits per heavy atom. The smallest absolute Gasteiger partial charge is 0.222 e. The van der Waals surface area contributed by atoms with Crippen LogP contribution in [-0.4, -0.2) is 16.0 Å². The highest BCUT2D eigenvalue weighted by Gasteiger charge is 2.21. The average Bonchev–Trinajstić information content (AvgIpc) is 3.15. The fourth-order valence-corrected chi connectivity index (χ4v) is 1.60. The van der Waals surface area contributed by atoms with Crippen LogP contribution in [-0.2, 0) is 0 Å². The molecule has 0 unspecified atom stereocenters. The zero-order valence-electron chi connectivity index (χ0n) is 9.23. The summed E-state index contributed by atoms with van der Waals surface area (Å²) in [6, 6.07) is 6.87. The molecule has 0 spiro atoms. The molecule has 0 atom stereocenters. The number of anilines is 1. The molecule has 0 saturated heterocycles. The van der Waals surface area contributed by atoms with Crippen molar-refractivity contribution in [2.45, 2.75) is 18.9 Å². The standard InChI is InChI=1S/C13H12FN3/c14-11-3-1-9(2-4-11)10-7-15-13(16-8-10)17-12-5-6-12/h1-4,7-8,12H,5-6H2,(H,15,16,17). The molecule has 1 aliphatic carbocycles. The molecule has 1 saturated carbocycles. The van der Waals surface area contributed by atoms with Gasteiger partial charge in [0.15, 0.2) is 0 Å². The topological polar surface area (TPSA) is 37.8 Å². The number of hydrogen-bond acceptors (Lipinski definition) is 3. The summed E-state index contributed by atoms with van der Waals surface area (Å²) in [7, 11) is 0. The van der Waals surface area contributed by atoms with E-state index in [4.69, 9.17) is 0 Å². The molecule has 0 aliphatic heterocycles. The van der Waals surface area contributed by atoms with E-state index in [1.807, 2.05) is 0 Å². The number of halogens is 1. The average molecular weight is 229 g/mol. The second-order valence-electron chi connectivity index (χ2n) is 4.22. The number of hydrogen-bond donors (Lipinski definition) is 1. The molecule has 2 aromatic rings. The van der Waals surface area contributed by atoms with Gasteiger partial charge in [0, 0.05) is 24.0 Å². The summed E-state index contributed by atoms with van der Waals surface area (Å²) in [5.74, 6) is 0.431. The predicted octanol–water partition coefficient (Wildman–Crippen LogP) is 2.86. The molecule has 1 N–H and O–H groups in total. The van der Waals surface area contributed by atoms with Crippen LogP contribution in [0.5, 0.6) is 0 Å². The van der Waals surface area contributed by atoms with Crippen LogP contribution in [0, 0.1) is 5.82 Å². The Bertz CT molecular complexity index is 503. The van der Waals surface area contributed by atoms with Crippen molar-refractivity contribution >= 4 is 5.95 Å². The summed E-state index contributed by atoms with van der Waals surface area (Å²) in [6.07, 6.45) is 5.90. The van der Waals surface area contributed by atoms with Crippen molar-refractivity contribution in [1.82, 2.24) is 9.97 Å². The fraction of sp³-hybridized carbons (Fsp3) is 0.231. The summed E-state index contributed by atoms with van der Waals surface area (Å²) in [5.41, 5.74) is 1.82. The van der Waals surface area contributed by atoms with Crippen LogP contribution in [0.15, 0.2) is 36.7 Å². The minimum absolute atomic E-state index is 0.235. The highest BCUT2D eigenvalue weighted by molar-refractivity contribution is 5.61. The number of aromatic nitrogens is 2. The van der Waals surface area contributed by atoms with Crippen LogP contribution >= 0.6 is 0 Å². The van der Waals surface area contributed by atoms with Gasteiger partial charge >= 0.3 is 0 Å². The molecular weight excluding hydrogens is 217 g/mol. The third-order valence-corrected chi connectivity index (χ3v) is 2.74. The van der Waals surface area contributed by atoms with E-state index >= 15 is 0 Å². The molecule has 1 aromatic heterocycles. The van der Waals surface area contributed by atoms with E-state index in [0.29, 0.717) is 12.0 Å². The van der Waals surface area contributed by atoms with E-state index in [9.17, 15) is 4.39 Å². The Balaban J connectivity index is 1.80. The summed E-state index contributed by atoms with van der Waals surface area (Å²) >= 11 is 0. The quantitative estimate of drug-likeness (QED) is 0.879. The second-order valence-corrected chi connectivity index (χ2v) is 4.22. The van der Waals surface area contributed by atoms with Crippen molar-refractivity contribution < 1.29 is 4.39 Å². The summed E-state index contributed by atoms with van der Waals surface area (Å²) in [4.78, 5) is 8.48. The maximum atomic E-state index is 12.8. The first-order valence-electron chi connectivity index (χ1n) is 5.66. The Morgan fingerprint density at radius 2 is 1.65 bits per heavy atom. The van der Waals surface area contributed by atoms with Crippen LogP contribution in [0.3, 0.4) is 0 Å². The molecule has 0 amide bonds. The third kappa shape index (κ3) is 2.41. The van der Waals surface area contributed by atoms with E-state index in [1.54, 1.807) is 24.5 Å². The number of nitrogens with one attached hydrogen (secondary N) is 1. The van der Waals surface area contributed by atoms with E-state index < -0.39 is 0 Å². The molecule has 86 valence electrons. The molecule has 3 nitrogen and oxygen atoms in total. The zero-order valence-corrected chi connectivity index (χ0v) is 9.23. The Hall–Kier alpha value is -1.97. The van der Waals surface area contributed by atoms with Gasteiger partial charge in [-0.3, -0.25) is 0 Å². The van der Waals surface area contributed by atoms with Crippen molar-refractivity contribution in [3.8, 4) is 11.1 Å². The predicted molar refractivity (Wildman–Crippen MR) is 64.1 cm³/mol. The largest absolute Gasteiger partial charge is 0.351 e. The molecule has 0 radical (unpaired) electrons. The van der Waals surface area contributed by atoms with Gasteiger partial charge in [0.05, 0.1) is 0 Å². The molecule has 1 heterocycles. The van der Waals surface area contributed by atoms with Gasteiger partial charge in [0.2, 0.25) is 5.95 Å².